The van der Waals surface area contributed by atoms with Crippen LogP contribution in [0, 0.1) is 0 Å². The van der Waals surface area contributed by atoms with Gasteiger partial charge in [0.1, 0.15) is 0 Å². The van der Waals surface area contributed by atoms with E-state index in [0.29, 0.717) is 0 Å². The van der Waals surface area contributed by atoms with Crippen LogP contribution >= 0.6 is 0 Å². The van der Waals surface area contributed by atoms with Gasteiger partial charge in [0.25, 0.3) is 0 Å². The van der Waals surface area contributed by atoms with Gasteiger partial charge in [-0.2, -0.15) is 0 Å². The molecule has 3 rings (SSSR count). The van der Waals surface area contributed by atoms with Gasteiger partial charge in [-0.25, -0.2) is 0 Å². The number of hydrogen-bond donors (Lipinski definition) is 0. The van der Waals surface area contributed by atoms with Gasteiger partial charge in [-0.15, -0.1) is 0 Å². The van der Waals surface area contributed by atoms with Crippen LogP contribution in [-0.2, 0) is 12.8 Å². The summed E-state index contributed by atoms with van der Waals surface area (Å²) in [7, 11) is 0. The van der Waals surface area contributed by atoms with Gasteiger partial charge in [0, 0.05) is 0 Å². The molecule has 0 heterocycles. The Bertz CT molecular complexity index is 377. The van der Waals surface area contributed by atoms with E-state index in [9.17, 15) is 0 Å². The van der Waals surface area contributed by atoms with Crippen LogP contribution in [0.3, 0.4) is 0 Å². The van der Waals surface area contributed by atoms with E-state index in [1.165, 1.54) is 22.3 Å². The fraction of sp³-hybridized carbons (Fsp3) is 0.250. The predicted octanol–water partition coefficient (Wildman–Crippen LogP) is 4.23. The Balaban J connectivity index is 2.22. The minimum Gasteiger partial charge on any atom is -0.0958 e. The molecule has 2 aliphatic rings. The average molecular weight is 210 g/mol. The van der Waals surface area contributed by atoms with Gasteiger partial charge in [0.05, 0.1) is 0 Å². The van der Waals surface area contributed by atoms with Crippen LogP contribution in [0.15, 0.2) is 60.7 Å². The van der Waals surface area contributed by atoms with Crippen LogP contribution in [0.4, 0.5) is 0 Å². The lowest BCUT2D eigenvalue weighted by atomic mass is 9.98. The van der Waals surface area contributed by atoms with E-state index in [-0.39, 0.29) is 0 Å². The first kappa shape index (κ1) is 10.9. The highest BCUT2D eigenvalue weighted by Crippen LogP contribution is 2.16. The van der Waals surface area contributed by atoms with E-state index < -0.39 is 0 Å². The van der Waals surface area contributed by atoms with Crippen LogP contribution in [0.2, 0.25) is 0 Å². The molecule has 0 aliphatic heterocycles. The van der Waals surface area contributed by atoms with Crippen molar-refractivity contribution >= 4 is 0 Å². The highest BCUT2D eigenvalue weighted by atomic mass is 14.1. The molecule has 0 unspecified atom stereocenters. The maximum Gasteiger partial charge on any atom is -0.0238 e. The summed E-state index contributed by atoms with van der Waals surface area (Å²) in [6.07, 6.45) is 8.44. The number of aryl methyl sites for hydroxylation is 2. The monoisotopic (exact) mass is 210 g/mol. The Morgan fingerprint density at radius 1 is 0.625 bits per heavy atom. The first-order valence-electron chi connectivity index (χ1n) is 5.85. The van der Waals surface area contributed by atoms with Gasteiger partial charge in [-0.1, -0.05) is 60.7 Å². The molecule has 0 saturated heterocycles. The normalized spacial score (nSPS) is 17.0. The number of rotatable bonds is 0. The lowest BCUT2D eigenvalue weighted by molar-refractivity contribution is 0.938. The molecule has 0 fully saturated rings. The average Bonchev–Trinajstić information content (AvgIpc) is 2.31. The fourth-order valence-corrected chi connectivity index (χ4v) is 1.88. The highest BCUT2D eigenvalue weighted by Gasteiger charge is 2.00. The van der Waals surface area contributed by atoms with E-state index in [1.54, 1.807) is 0 Å². The minimum atomic E-state index is 1.03. The first-order valence-corrected chi connectivity index (χ1v) is 5.85. The molecule has 2 bridgehead atoms. The molecule has 1 aromatic rings. The summed E-state index contributed by atoms with van der Waals surface area (Å²) in [5.74, 6) is 0. The Hall–Kier alpha value is -1.56. The second-order valence-electron chi connectivity index (χ2n) is 4.47. The molecule has 0 atom stereocenters. The Morgan fingerprint density at radius 2 is 1.00 bits per heavy atom. The molecule has 0 heteroatoms. The topological polar surface area (TPSA) is 0 Å². The van der Waals surface area contributed by atoms with Crippen molar-refractivity contribution in [3.8, 4) is 0 Å². The molecule has 1 aromatic carbocycles. The van der Waals surface area contributed by atoms with Crippen LogP contribution in [0.5, 0.6) is 0 Å². The molecule has 16 heavy (non-hydrogen) atoms. The van der Waals surface area contributed by atoms with Crippen molar-refractivity contribution < 1.29 is 0 Å². The number of benzene rings is 1. The molecular weight excluding hydrogens is 192 g/mol. The zero-order valence-corrected chi connectivity index (χ0v) is 9.71. The van der Waals surface area contributed by atoms with Crippen LogP contribution in [-0.4, -0.2) is 0 Å². The molecule has 0 spiro atoms. The van der Waals surface area contributed by atoms with Crippen molar-refractivity contribution in [2.45, 2.75) is 25.7 Å². The van der Waals surface area contributed by atoms with Crippen molar-refractivity contribution in [3.05, 3.63) is 71.8 Å². The van der Waals surface area contributed by atoms with Gasteiger partial charge in [0.2, 0.25) is 0 Å². The largest absolute Gasteiger partial charge is 0.0958 e. The number of fused-ring (bicyclic) bond motifs is 8. The number of hydrogen-bond acceptors (Lipinski definition) is 0. The summed E-state index contributed by atoms with van der Waals surface area (Å²) >= 11 is 0. The SMILES string of the molecule is C=C1C=CC(=C)CCc2ccc(cc2)CC1. The second kappa shape index (κ2) is 4.98. The first-order chi connectivity index (χ1) is 7.74. The Kier molecular flexibility index (Phi) is 3.40. The van der Waals surface area contributed by atoms with Crippen molar-refractivity contribution in [1.29, 1.82) is 0 Å². The van der Waals surface area contributed by atoms with Gasteiger partial charge in [-0.3, -0.25) is 0 Å². The van der Waals surface area contributed by atoms with Crippen molar-refractivity contribution in [2.75, 3.05) is 0 Å². The lowest BCUT2D eigenvalue weighted by Crippen LogP contribution is -1.92. The van der Waals surface area contributed by atoms with E-state index in [1.807, 2.05) is 0 Å². The van der Waals surface area contributed by atoms with Crippen LogP contribution in [0.25, 0.3) is 0 Å². The Morgan fingerprint density at radius 3 is 1.38 bits per heavy atom. The van der Waals surface area contributed by atoms with E-state index >= 15 is 0 Å². The third kappa shape index (κ3) is 2.96. The molecule has 0 aromatic heterocycles. The van der Waals surface area contributed by atoms with Crippen molar-refractivity contribution in [3.63, 3.8) is 0 Å². The molecule has 0 nitrogen and oxygen atoms in total. The summed E-state index contributed by atoms with van der Waals surface area (Å²) in [5, 5.41) is 0. The quantitative estimate of drug-likeness (QED) is 0.601. The molecular formula is C16H18. The van der Waals surface area contributed by atoms with E-state index in [4.69, 9.17) is 0 Å². The molecule has 82 valence electrons. The van der Waals surface area contributed by atoms with Crippen molar-refractivity contribution in [2.24, 2.45) is 0 Å². The standard InChI is InChI=1S/C16H18/c1-13-3-4-14(2)6-8-16-11-9-15(7-5-13)10-12-16/h3-4,9-12H,1-2,5-8H2. The summed E-state index contributed by atoms with van der Waals surface area (Å²) in [6.45, 7) is 8.13. The summed E-state index contributed by atoms with van der Waals surface area (Å²) in [5.41, 5.74) is 5.17. The number of allylic oxidation sites excluding steroid dienone is 4. The summed E-state index contributed by atoms with van der Waals surface area (Å²) < 4.78 is 0. The molecule has 0 radical (unpaired) electrons. The second-order valence-corrected chi connectivity index (χ2v) is 4.47. The third-order valence-corrected chi connectivity index (χ3v) is 3.05. The zero-order chi connectivity index (χ0) is 11.4. The molecule has 0 N–H and O–H groups in total. The summed E-state index contributed by atoms with van der Waals surface area (Å²) in [4.78, 5) is 0. The highest BCUT2D eigenvalue weighted by molar-refractivity contribution is 5.29. The van der Waals surface area contributed by atoms with E-state index in [0.717, 1.165) is 25.7 Å². The molecule has 0 saturated carbocycles. The van der Waals surface area contributed by atoms with Gasteiger partial charge >= 0.3 is 0 Å². The molecule has 2 aliphatic carbocycles. The van der Waals surface area contributed by atoms with Gasteiger partial charge in [0.15, 0.2) is 0 Å². The summed E-state index contributed by atoms with van der Waals surface area (Å²) in [6, 6.07) is 8.93. The maximum atomic E-state index is 4.06. The third-order valence-electron chi connectivity index (χ3n) is 3.05. The van der Waals surface area contributed by atoms with E-state index in [2.05, 4.69) is 49.6 Å². The van der Waals surface area contributed by atoms with Crippen LogP contribution in [0.1, 0.15) is 24.0 Å². The van der Waals surface area contributed by atoms with Crippen molar-refractivity contribution in [1.82, 2.24) is 0 Å². The minimum absolute atomic E-state index is 1.03. The predicted molar refractivity (Wildman–Crippen MR) is 70.5 cm³/mol. The molecule has 0 amide bonds. The maximum absolute atomic E-state index is 4.06. The van der Waals surface area contributed by atoms with Gasteiger partial charge in [-0.05, 0) is 36.8 Å². The van der Waals surface area contributed by atoms with Gasteiger partial charge < -0.3 is 0 Å². The smallest absolute Gasteiger partial charge is 0.0238 e. The lowest BCUT2D eigenvalue weighted by Gasteiger charge is -2.07. The fourth-order valence-electron chi connectivity index (χ4n) is 1.88. The van der Waals surface area contributed by atoms with Crippen LogP contribution < -0.4 is 0 Å². The zero-order valence-electron chi connectivity index (χ0n) is 9.71. The Labute approximate surface area is 98.0 Å².